The number of rotatable bonds is 4. The molecule has 0 amide bonds. The summed E-state index contributed by atoms with van der Waals surface area (Å²) in [7, 11) is 0. The molecule has 1 saturated heterocycles. The van der Waals surface area contributed by atoms with E-state index in [0.717, 1.165) is 12.8 Å². The predicted octanol–water partition coefficient (Wildman–Crippen LogP) is 1.82. The smallest absolute Gasteiger partial charge is 0.340 e. The van der Waals surface area contributed by atoms with Crippen LogP contribution in [0.15, 0.2) is 12.3 Å². The Labute approximate surface area is 118 Å². The minimum Gasteiger partial charge on any atom is -0.462 e. The molecule has 0 aliphatic carbocycles. The first-order valence-corrected chi connectivity index (χ1v) is 6.83. The number of ether oxygens (including phenoxy) is 2. The number of anilines is 2. The molecule has 0 unspecified atom stereocenters. The largest absolute Gasteiger partial charge is 0.462 e. The van der Waals surface area contributed by atoms with Gasteiger partial charge in [-0.05, 0) is 32.8 Å². The summed E-state index contributed by atoms with van der Waals surface area (Å²) in [5.74, 6) is 0.104. The molecule has 0 radical (unpaired) electrons. The van der Waals surface area contributed by atoms with Gasteiger partial charge in [0.15, 0.2) is 0 Å². The van der Waals surface area contributed by atoms with E-state index in [0.29, 0.717) is 36.9 Å². The Bertz CT molecular complexity index is 485. The van der Waals surface area contributed by atoms with Crippen LogP contribution >= 0.6 is 0 Å². The van der Waals surface area contributed by atoms with Crippen molar-refractivity contribution in [1.29, 1.82) is 0 Å². The van der Waals surface area contributed by atoms with Crippen molar-refractivity contribution in [3.05, 3.63) is 17.8 Å². The van der Waals surface area contributed by atoms with E-state index in [1.54, 1.807) is 19.2 Å². The molecular weight excluding hydrogens is 258 g/mol. The van der Waals surface area contributed by atoms with Gasteiger partial charge in [-0.1, -0.05) is 0 Å². The SMILES string of the molecule is CCOC(=O)c1ccnc(NC2(C)CCOCC2)c1N. The lowest BCUT2D eigenvalue weighted by Crippen LogP contribution is -2.41. The summed E-state index contributed by atoms with van der Waals surface area (Å²) in [5, 5.41) is 3.34. The van der Waals surface area contributed by atoms with Gasteiger partial charge in [0.05, 0.1) is 17.9 Å². The van der Waals surface area contributed by atoms with E-state index in [4.69, 9.17) is 15.2 Å². The van der Waals surface area contributed by atoms with E-state index in [2.05, 4.69) is 17.2 Å². The van der Waals surface area contributed by atoms with E-state index >= 15 is 0 Å². The molecular formula is C14H21N3O3. The number of nitrogens with zero attached hydrogens (tertiary/aromatic N) is 1. The maximum absolute atomic E-state index is 11.8. The molecule has 2 heterocycles. The molecule has 6 heteroatoms. The molecule has 1 aromatic rings. The van der Waals surface area contributed by atoms with Gasteiger partial charge in [0.25, 0.3) is 0 Å². The Morgan fingerprint density at radius 3 is 2.90 bits per heavy atom. The summed E-state index contributed by atoms with van der Waals surface area (Å²) in [6.07, 6.45) is 3.31. The lowest BCUT2D eigenvalue weighted by atomic mass is 9.92. The van der Waals surface area contributed by atoms with Crippen molar-refractivity contribution < 1.29 is 14.3 Å². The van der Waals surface area contributed by atoms with Crippen LogP contribution < -0.4 is 11.1 Å². The van der Waals surface area contributed by atoms with Crippen molar-refractivity contribution in [1.82, 2.24) is 4.98 Å². The Kier molecular flexibility index (Phi) is 4.44. The van der Waals surface area contributed by atoms with Crippen LogP contribution in [-0.2, 0) is 9.47 Å². The van der Waals surface area contributed by atoms with Crippen molar-refractivity contribution >= 4 is 17.5 Å². The summed E-state index contributed by atoms with van der Waals surface area (Å²) in [6, 6.07) is 1.57. The first-order chi connectivity index (χ1) is 9.56. The summed E-state index contributed by atoms with van der Waals surface area (Å²) < 4.78 is 10.3. The molecule has 0 saturated carbocycles. The maximum Gasteiger partial charge on any atom is 0.340 e. The second kappa shape index (κ2) is 6.09. The van der Waals surface area contributed by atoms with Crippen LogP contribution in [0.1, 0.15) is 37.0 Å². The molecule has 0 aromatic carbocycles. The number of pyridine rings is 1. The molecule has 3 N–H and O–H groups in total. The van der Waals surface area contributed by atoms with Crippen LogP contribution in [0.5, 0.6) is 0 Å². The first-order valence-electron chi connectivity index (χ1n) is 6.83. The molecule has 0 bridgehead atoms. The lowest BCUT2D eigenvalue weighted by molar-refractivity contribution is 0.0527. The number of nitrogens with one attached hydrogen (secondary N) is 1. The fourth-order valence-electron chi connectivity index (χ4n) is 2.19. The molecule has 1 aliphatic heterocycles. The predicted molar refractivity (Wildman–Crippen MR) is 76.7 cm³/mol. The lowest BCUT2D eigenvalue weighted by Gasteiger charge is -2.35. The quantitative estimate of drug-likeness (QED) is 0.818. The highest BCUT2D eigenvalue weighted by atomic mass is 16.5. The van der Waals surface area contributed by atoms with Crippen LogP contribution in [0, 0.1) is 0 Å². The van der Waals surface area contributed by atoms with Gasteiger partial charge in [-0.25, -0.2) is 9.78 Å². The van der Waals surface area contributed by atoms with Crippen LogP contribution in [0.25, 0.3) is 0 Å². The molecule has 1 fully saturated rings. The van der Waals surface area contributed by atoms with Crippen molar-refractivity contribution in [2.75, 3.05) is 30.9 Å². The normalized spacial score (nSPS) is 17.5. The molecule has 0 atom stereocenters. The van der Waals surface area contributed by atoms with Crippen molar-refractivity contribution in [3.63, 3.8) is 0 Å². The summed E-state index contributed by atoms with van der Waals surface area (Å²) >= 11 is 0. The molecule has 2 rings (SSSR count). The average Bonchev–Trinajstić information content (AvgIpc) is 2.42. The Balaban J connectivity index is 2.20. The molecule has 1 aliphatic rings. The zero-order valence-electron chi connectivity index (χ0n) is 11.9. The van der Waals surface area contributed by atoms with Crippen LogP contribution in [0.3, 0.4) is 0 Å². The van der Waals surface area contributed by atoms with Gasteiger partial charge in [-0.2, -0.15) is 0 Å². The van der Waals surface area contributed by atoms with Gasteiger partial charge >= 0.3 is 5.97 Å². The number of aromatic nitrogens is 1. The zero-order valence-corrected chi connectivity index (χ0v) is 11.9. The standard InChI is InChI=1S/C14H21N3O3/c1-3-20-13(18)10-4-7-16-12(11(10)15)17-14(2)5-8-19-9-6-14/h4,7H,3,5-6,8-9,15H2,1-2H3,(H,16,17). The third kappa shape index (κ3) is 3.19. The Morgan fingerprint density at radius 1 is 1.55 bits per heavy atom. The molecule has 1 aromatic heterocycles. The highest BCUT2D eigenvalue weighted by Gasteiger charge is 2.28. The van der Waals surface area contributed by atoms with E-state index in [9.17, 15) is 4.79 Å². The van der Waals surface area contributed by atoms with E-state index in [1.807, 2.05) is 0 Å². The first kappa shape index (κ1) is 14.6. The van der Waals surface area contributed by atoms with Gasteiger partial charge in [-0.15, -0.1) is 0 Å². The van der Waals surface area contributed by atoms with Crippen LogP contribution in [-0.4, -0.2) is 36.3 Å². The van der Waals surface area contributed by atoms with Gasteiger partial charge in [0.2, 0.25) is 0 Å². The number of nitrogen functional groups attached to an aromatic ring is 1. The zero-order chi connectivity index (χ0) is 14.6. The fourth-order valence-corrected chi connectivity index (χ4v) is 2.19. The van der Waals surface area contributed by atoms with E-state index < -0.39 is 5.97 Å². The minimum atomic E-state index is -0.424. The van der Waals surface area contributed by atoms with E-state index in [-0.39, 0.29) is 5.54 Å². The number of hydrogen-bond donors (Lipinski definition) is 2. The number of carbonyl (C=O) groups excluding carboxylic acids is 1. The van der Waals surface area contributed by atoms with Crippen molar-refractivity contribution in [2.45, 2.75) is 32.2 Å². The van der Waals surface area contributed by atoms with Gasteiger partial charge < -0.3 is 20.5 Å². The monoisotopic (exact) mass is 279 g/mol. The third-order valence-corrected chi connectivity index (χ3v) is 3.50. The Morgan fingerprint density at radius 2 is 2.25 bits per heavy atom. The van der Waals surface area contributed by atoms with E-state index in [1.165, 1.54) is 0 Å². The Hall–Kier alpha value is -1.82. The highest BCUT2D eigenvalue weighted by Crippen LogP contribution is 2.29. The van der Waals surface area contributed by atoms with Gasteiger partial charge in [-0.3, -0.25) is 0 Å². The van der Waals surface area contributed by atoms with Crippen molar-refractivity contribution in [3.8, 4) is 0 Å². The highest BCUT2D eigenvalue weighted by molar-refractivity contribution is 5.97. The minimum absolute atomic E-state index is 0.118. The number of esters is 1. The van der Waals surface area contributed by atoms with Gasteiger partial charge in [0.1, 0.15) is 5.82 Å². The van der Waals surface area contributed by atoms with Gasteiger partial charge in [0, 0.05) is 24.9 Å². The fraction of sp³-hybridized carbons (Fsp3) is 0.571. The molecule has 20 heavy (non-hydrogen) atoms. The topological polar surface area (TPSA) is 86.5 Å². The number of nitrogens with two attached hydrogens (primary N) is 1. The average molecular weight is 279 g/mol. The second-order valence-corrected chi connectivity index (χ2v) is 5.14. The summed E-state index contributed by atoms with van der Waals surface area (Å²) in [4.78, 5) is 16.0. The second-order valence-electron chi connectivity index (χ2n) is 5.14. The van der Waals surface area contributed by atoms with Crippen LogP contribution in [0.2, 0.25) is 0 Å². The third-order valence-electron chi connectivity index (χ3n) is 3.50. The molecule has 110 valence electrons. The number of hydrogen-bond acceptors (Lipinski definition) is 6. The number of carbonyl (C=O) groups is 1. The summed E-state index contributed by atoms with van der Waals surface area (Å²) in [6.45, 7) is 5.60. The maximum atomic E-state index is 11.8. The van der Waals surface area contributed by atoms with Crippen molar-refractivity contribution in [2.24, 2.45) is 0 Å². The van der Waals surface area contributed by atoms with Crippen LogP contribution in [0.4, 0.5) is 11.5 Å². The molecule has 0 spiro atoms. The molecule has 6 nitrogen and oxygen atoms in total. The summed E-state index contributed by atoms with van der Waals surface area (Å²) in [5.41, 5.74) is 6.59.